The van der Waals surface area contributed by atoms with E-state index in [1.54, 1.807) is 10.9 Å². The van der Waals surface area contributed by atoms with Crippen LogP contribution in [0.4, 0.5) is 0 Å². The Morgan fingerprint density at radius 3 is 2.76 bits per heavy atom. The molecule has 3 rings (SSSR count). The minimum absolute atomic E-state index is 0.571. The molecule has 0 fully saturated rings. The van der Waals surface area contributed by atoms with E-state index in [0.717, 1.165) is 24.2 Å². The average molecular weight is 281 g/mol. The van der Waals surface area contributed by atoms with E-state index in [2.05, 4.69) is 47.6 Å². The zero-order valence-electron chi connectivity index (χ0n) is 12.1. The highest BCUT2D eigenvalue weighted by Gasteiger charge is 2.14. The molecule has 0 amide bonds. The zero-order chi connectivity index (χ0) is 14.7. The van der Waals surface area contributed by atoms with Gasteiger partial charge in [0.25, 0.3) is 0 Å². The van der Waals surface area contributed by atoms with Crippen molar-refractivity contribution in [3.63, 3.8) is 0 Å². The number of fused-ring (bicyclic) bond motifs is 1. The summed E-state index contributed by atoms with van der Waals surface area (Å²) in [6.07, 6.45) is 2.62. The highest BCUT2D eigenvalue weighted by Crippen LogP contribution is 2.21. The second-order valence-corrected chi connectivity index (χ2v) is 5.28. The smallest absolute Gasteiger partial charge is 0.101 e. The van der Waals surface area contributed by atoms with Gasteiger partial charge in [0.1, 0.15) is 6.10 Å². The van der Waals surface area contributed by atoms with Gasteiger partial charge in [-0.1, -0.05) is 54.6 Å². The van der Waals surface area contributed by atoms with E-state index in [0.29, 0.717) is 6.42 Å². The van der Waals surface area contributed by atoms with Gasteiger partial charge in [-0.3, -0.25) is 0 Å². The van der Waals surface area contributed by atoms with Gasteiger partial charge in [0.2, 0.25) is 0 Å². The number of aromatic nitrogens is 3. The average Bonchev–Trinajstić information content (AvgIpc) is 2.96. The lowest BCUT2D eigenvalue weighted by Crippen LogP contribution is -2.11. The van der Waals surface area contributed by atoms with E-state index >= 15 is 0 Å². The molecule has 108 valence electrons. The van der Waals surface area contributed by atoms with E-state index in [1.807, 2.05) is 12.1 Å². The van der Waals surface area contributed by atoms with Crippen LogP contribution in [0, 0.1) is 0 Å². The summed E-state index contributed by atoms with van der Waals surface area (Å²) in [5.41, 5.74) is 1.90. The first kappa shape index (κ1) is 13.8. The van der Waals surface area contributed by atoms with E-state index in [-0.39, 0.29) is 0 Å². The zero-order valence-corrected chi connectivity index (χ0v) is 12.1. The van der Waals surface area contributed by atoms with Crippen LogP contribution in [0.3, 0.4) is 0 Å². The normalized spacial score (nSPS) is 12.7. The first-order valence-electron chi connectivity index (χ1n) is 7.32. The maximum absolute atomic E-state index is 10.4. The van der Waals surface area contributed by atoms with E-state index in [9.17, 15) is 5.11 Å². The van der Waals surface area contributed by atoms with Gasteiger partial charge in [-0.25, -0.2) is 4.68 Å². The fourth-order valence-corrected chi connectivity index (χ4v) is 2.60. The van der Waals surface area contributed by atoms with Crippen molar-refractivity contribution >= 4 is 10.8 Å². The van der Waals surface area contributed by atoms with Crippen molar-refractivity contribution in [1.82, 2.24) is 15.0 Å². The Morgan fingerprint density at radius 1 is 1.14 bits per heavy atom. The number of benzene rings is 2. The van der Waals surface area contributed by atoms with Crippen LogP contribution in [0.5, 0.6) is 0 Å². The van der Waals surface area contributed by atoms with Crippen LogP contribution in [0.25, 0.3) is 10.8 Å². The third-order valence-corrected chi connectivity index (χ3v) is 3.67. The lowest BCUT2D eigenvalue weighted by molar-refractivity contribution is 0.166. The topological polar surface area (TPSA) is 50.9 Å². The molecule has 1 heterocycles. The summed E-state index contributed by atoms with van der Waals surface area (Å²) in [5, 5.41) is 20.8. The maximum Gasteiger partial charge on any atom is 0.101 e. The second-order valence-electron chi connectivity index (χ2n) is 5.28. The molecule has 0 saturated carbocycles. The Kier molecular flexibility index (Phi) is 3.97. The summed E-state index contributed by atoms with van der Waals surface area (Å²) < 4.78 is 1.78. The first-order chi connectivity index (χ1) is 10.3. The number of aliphatic hydroxyl groups excluding tert-OH is 1. The van der Waals surface area contributed by atoms with Crippen LogP contribution in [-0.2, 0) is 13.0 Å². The molecule has 3 aromatic rings. The van der Waals surface area contributed by atoms with Gasteiger partial charge in [-0.2, -0.15) is 0 Å². The lowest BCUT2D eigenvalue weighted by Gasteiger charge is -2.12. The lowest BCUT2D eigenvalue weighted by atomic mass is 10.0. The third kappa shape index (κ3) is 2.95. The molecule has 4 nitrogen and oxygen atoms in total. The molecule has 0 aliphatic carbocycles. The molecule has 0 aliphatic heterocycles. The molecule has 4 heteroatoms. The summed E-state index contributed by atoms with van der Waals surface area (Å²) in [4.78, 5) is 0. The van der Waals surface area contributed by atoms with Crippen molar-refractivity contribution in [1.29, 1.82) is 0 Å². The Labute approximate surface area is 124 Å². The minimum atomic E-state index is -0.576. The van der Waals surface area contributed by atoms with Gasteiger partial charge >= 0.3 is 0 Å². The fourth-order valence-electron chi connectivity index (χ4n) is 2.60. The molecular weight excluding hydrogens is 262 g/mol. The molecule has 0 spiro atoms. The summed E-state index contributed by atoms with van der Waals surface area (Å²) in [5.74, 6) is 0. The van der Waals surface area contributed by atoms with Crippen molar-refractivity contribution in [2.24, 2.45) is 0 Å². The molecule has 1 atom stereocenters. The van der Waals surface area contributed by atoms with Crippen molar-refractivity contribution in [2.75, 3.05) is 0 Å². The first-order valence-corrected chi connectivity index (χ1v) is 7.32. The molecule has 1 unspecified atom stereocenters. The molecule has 0 radical (unpaired) electrons. The quantitative estimate of drug-likeness (QED) is 0.781. The fraction of sp³-hybridized carbons (Fsp3) is 0.294. The summed E-state index contributed by atoms with van der Waals surface area (Å²) in [7, 11) is 0. The van der Waals surface area contributed by atoms with Crippen LogP contribution in [0.1, 0.15) is 30.7 Å². The van der Waals surface area contributed by atoms with Crippen LogP contribution >= 0.6 is 0 Å². The standard InChI is InChI=1S/C17H19N3O/c1-2-9-20-16(12-18-19-20)17(21)11-13-7-8-14-5-3-4-6-15(14)10-13/h3-8,10,12,17,21H,2,9,11H2,1H3. The van der Waals surface area contributed by atoms with Gasteiger partial charge < -0.3 is 5.11 Å². The highest BCUT2D eigenvalue weighted by atomic mass is 16.3. The number of hydrogen-bond donors (Lipinski definition) is 1. The van der Waals surface area contributed by atoms with E-state index < -0.39 is 6.10 Å². The van der Waals surface area contributed by atoms with Gasteiger partial charge in [-0.05, 0) is 22.8 Å². The molecule has 1 N–H and O–H groups in total. The van der Waals surface area contributed by atoms with Gasteiger partial charge in [0.05, 0.1) is 11.9 Å². The Morgan fingerprint density at radius 2 is 1.95 bits per heavy atom. The molecule has 21 heavy (non-hydrogen) atoms. The van der Waals surface area contributed by atoms with Crippen LogP contribution in [0.2, 0.25) is 0 Å². The monoisotopic (exact) mass is 281 g/mol. The summed E-state index contributed by atoms with van der Waals surface area (Å²) >= 11 is 0. The maximum atomic E-state index is 10.4. The largest absolute Gasteiger partial charge is 0.386 e. The molecular formula is C17H19N3O. The number of aliphatic hydroxyl groups is 1. The van der Waals surface area contributed by atoms with Crippen LogP contribution in [-0.4, -0.2) is 20.1 Å². The minimum Gasteiger partial charge on any atom is -0.386 e. The Bertz CT molecular complexity index is 735. The number of nitrogens with zero attached hydrogens (tertiary/aromatic N) is 3. The van der Waals surface area contributed by atoms with Crippen molar-refractivity contribution in [3.8, 4) is 0 Å². The van der Waals surface area contributed by atoms with Crippen molar-refractivity contribution < 1.29 is 5.11 Å². The number of hydrogen-bond acceptors (Lipinski definition) is 3. The predicted molar refractivity (Wildman–Crippen MR) is 82.9 cm³/mol. The Hall–Kier alpha value is -2.20. The molecule has 0 bridgehead atoms. The van der Waals surface area contributed by atoms with E-state index in [1.165, 1.54) is 10.8 Å². The van der Waals surface area contributed by atoms with Crippen LogP contribution < -0.4 is 0 Å². The van der Waals surface area contributed by atoms with E-state index in [4.69, 9.17) is 0 Å². The summed E-state index contributed by atoms with van der Waals surface area (Å²) in [6, 6.07) is 14.5. The molecule has 1 aromatic heterocycles. The van der Waals surface area contributed by atoms with Gasteiger partial charge in [0.15, 0.2) is 0 Å². The van der Waals surface area contributed by atoms with Gasteiger partial charge in [0, 0.05) is 13.0 Å². The number of rotatable bonds is 5. The van der Waals surface area contributed by atoms with Crippen LogP contribution in [0.15, 0.2) is 48.7 Å². The number of aryl methyl sites for hydroxylation is 1. The molecule has 0 saturated heterocycles. The third-order valence-electron chi connectivity index (χ3n) is 3.67. The van der Waals surface area contributed by atoms with Gasteiger partial charge in [-0.15, -0.1) is 5.10 Å². The van der Waals surface area contributed by atoms with Crippen molar-refractivity contribution in [2.45, 2.75) is 32.4 Å². The molecule has 2 aromatic carbocycles. The second kappa shape index (κ2) is 6.06. The highest BCUT2D eigenvalue weighted by molar-refractivity contribution is 5.82. The predicted octanol–water partition coefficient (Wildman–Crippen LogP) is 3.12. The SMILES string of the molecule is CCCn1nncc1C(O)Cc1ccc2ccccc2c1. The van der Waals surface area contributed by atoms with Crippen molar-refractivity contribution in [3.05, 3.63) is 59.9 Å². The molecule has 0 aliphatic rings. The summed E-state index contributed by atoms with van der Waals surface area (Å²) in [6.45, 7) is 2.87. The Balaban J connectivity index is 1.82.